The van der Waals surface area contributed by atoms with Crippen molar-refractivity contribution in [2.24, 2.45) is 5.73 Å². The number of thiophene rings is 1. The molecule has 1 unspecified atom stereocenters. The Labute approximate surface area is 198 Å². The number of hydrogen-bond donors (Lipinski definition) is 4. The van der Waals surface area contributed by atoms with E-state index in [4.69, 9.17) is 5.73 Å². The number of H-pyrrole nitrogens is 1. The lowest BCUT2D eigenvalue weighted by Gasteiger charge is -2.39. The summed E-state index contributed by atoms with van der Waals surface area (Å²) in [5.74, 6) is -0.831. The molecule has 34 heavy (non-hydrogen) atoms. The summed E-state index contributed by atoms with van der Waals surface area (Å²) in [6.45, 7) is 1.49. The Morgan fingerprint density at radius 1 is 1.26 bits per heavy atom. The van der Waals surface area contributed by atoms with Crippen molar-refractivity contribution in [3.05, 3.63) is 72.9 Å². The number of aliphatic hydroxyl groups is 1. The van der Waals surface area contributed by atoms with Crippen LogP contribution in [0, 0.1) is 0 Å². The van der Waals surface area contributed by atoms with E-state index in [0.717, 1.165) is 42.4 Å². The van der Waals surface area contributed by atoms with Crippen LogP contribution in [0.25, 0.3) is 10.2 Å². The van der Waals surface area contributed by atoms with Gasteiger partial charge in [0.05, 0.1) is 11.1 Å². The van der Waals surface area contributed by atoms with Crippen molar-refractivity contribution >= 4 is 33.2 Å². The Balaban J connectivity index is 1.17. The lowest BCUT2D eigenvalue weighted by atomic mass is 9.90. The van der Waals surface area contributed by atoms with E-state index >= 15 is 0 Å². The number of carbonyl (C=O) groups is 2. The van der Waals surface area contributed by atoms with Gasteiger partial charge in [-0.2, -0.15) is 0 Å². The number of aromatic nitrogens is 2. The molecule has 0 radical (unpaired) electrons. The Bertz CT molecular complexity index is 1470. The summed E-state index contributed by atoms with van der Waals surface area (Å²) in [5.41, 5.74) is 10.4. The fraction of sp³-hybridized carbons (Fsp3) is 0.333. The predicted molar refractivity (Wildman–Crippen MR) is 126 cm³/mol. The van der Waals surface area contributed by atoms with Gasteiger partial charge in [-0.3, -0.25) is 14.4 Å². The Kier molecular flexibility index (Phi) is 4.82. The van der Waals surface area contributed by atoms with E-state index in [0.29, 0.717) is 29.0 Å². The monoisotopic (exact) mass is 477 g/mol. The molecule has 0 bridgehead atoms. The zero-order valence-corrected chi connectivity index (χ0v) is 19.1. The molecule has 2 aliphatic carbocycles. The van der Waals surface area contributed by atoms with Crippen LogP contribution in [-0.4, -0.2) is 44.3 Å². The first-order valence-electron chi connectivity index (χ1n) is 11.3. The van der Waals surface area contributed by atoms with Crippen molar-refractivity contribution in [3.8, 4) is 0 Å². The molecule has 1 aliphatic heterocycles. The number of nitrogens with two attached hydrogens (primary N) is 1. The van der Waals surface area contributed by atoms with Gasteiger partial charge in [0.25, 0.3) is 11.5 Å². The molecule has 0 fully saturated rings. The van der Waals surface area contributed by atoms with Crippen molar-refractivity contribution in [2.45, 2.75) is 44.9 Å². The SMILES string of the molecule is NC1=C(N2CCc3ccc(CNC(=O)c4nc5sc6c(c5c(=O)[nH]4)CCC6)cc3C2)C(O)C1=O. The number of nitrogens with zero attached hydrogens (tertiary/aromatic N) is 2. The zero-order chi connectivity index (χ0) is 23.6. The second-order valence-corrected chi connectivity index (χ2v) is 10.1. The van der Waals surface area contributed by atoms with Crippen LogP contribution >= 0.6 is 11.3 Å². The van der Waals surface area contributed by atoms with Gasteiger partial charge in [0.15, 0.2) is 6.10 Å². The lowest BCUT2D eigenvalue weighted by Crippen LogP contribution is -2.49. The van der Waals surface area contributed by atoms with Gasteiger partial charge in [0.1, 0.15) is 10.5 Å². The van der Waals surface area contributed by atoms with Gasteiger partial charge in [0, 0.05) is 24.5 Å². The number of benzene rings is 1. The molecule has 3 aromatic rings. The molecule has 174 valence electrons. The second kappa shape index (κ2) is 7.78. The van der Waals surface area contributed by atoms with Crippen LogP contribution in [0.1, 0.15) is 44.2 Å². The molecule has 1 aromatic carbocycles. The van der Waals surface area contributed by atoms with Gasteiger partial charge >= 0.3 is 0 Å². The number of hydrogen-bond acceptors (Lipinski definition) is 8. The third-order valence-electron chi connectivity index (χ3n) is 6.92. The van der Waals surface area contributed by atoms with E-state index < -0.39 is 17.8 Å². The van der Waals surface area contributed by atoms with Crippen LogP contribution in [0.5, 0.6) is 0 Å². The van der Waals surface area contributed by atoms with Crippen LogP contribution < -0.4 is 16.6 Å². The second-order valence-electron chi connectivity index (χ2n) is 8.98. The van der Waals surface area contributed by atoms with Gasteiger partial charge < -0.3 is 26.0 Å². The number of carbonyl (C=O) groups excluding carboxylic acids is 2. The molecule has 10 heteroatoms. The molecule has 0 spiro atoms. The molecular weight excluding hydrogens is 454 g/mol. The lowest BCUT2D eigenvalue weighted by molar-refractivity contribution is -0.126. The van der Waals surface area contributed by atoms with E-state index in [1.54, 1.807) is 0 Å². The molecule has 0 saturated heterocycles. The molecule has 2 aromatic heterocycles. The van der Waals surface area contributed by atoms with Gasteiger partial charge in [-0.1, -0.05) is 18.2 Å². The fourth-order valence-corrected chi connectivity index (χ4v) is 6.37. The van der Waals surface area contributed by atoms with E-state index in [1.807, 2.05) is 23.1 Å². The topological polar surface area (TPSA) is 141 Å². The molecule has 1 amide bonds. The quantitative estimate of drug-likeness (QED) is 0.437. The normalized spacial score (nSPS) is 19.3. The summed E-state index contributed by atoms with van der Waals surface area (Å²) in [6.07, 6.45) is 2.55. The van der Waals surface area contributed by atoms with Crippen molar-refractivity contribution in [3.63, 3.8) is 0 Å². The third-order valence-corrected chi connectivity index (χ3v) is 8.10. The number of amides is 1. The van der Waals surface area contributed by atoms with E-state index in [9.17, 15) is 19.5 Å². The molecular formula is C24H23N5O4S. The maximum atomic E-state index is 12.7. The summed E-state index contributed by atoms with van der Waals surface area (Å²) in [6, 6.07) is 6.01. The first-order valence-corrected chi connectivity index (χ1v) is 12.1. The smallest absolute Gasteiger partial charge is 0.287 e. The van der Waals surface area contributed by atoms with E-state index in [2.05, 4.69) is 15.3 Å². The van der Waals surface area contributed by atoms with Crippen molar-refractivity contribution in [1.82, 2.24) is 20.2 Å². The minimum atomic E-state index is -1.14. The first-order chi connectivity index (χ1) is 16.4. The van der Waals surface area contributed by atoms with Crippen molar-refractivity contribution < 1.29 is 14.7 Å². The molecule has 0 saturated carbocycles. The van der Waals surface area contributed by atoms with Gasteiger partial charge in [-0.25, -0.2) is 4.98 Å². The highest BCUT2D eigenvalue weighted by atomic mass is 32.1. The molecule has 3 aliphatic rings. The summed E-state index contributed by atoms with van der Waals surface area (Å²) in [4.78, 5) is 47.8. The molecule has 9 nitrogen and oxygen atoms in total. The highest BCUT2D eigenvalue weighted by Gasteiger charge is 2.40. The number of aliphatic hydroxyl groups excluding tert-OH is 1. The number of ketones is 1. The minimum Gasteiger partial charge on any atom is -0.394 e. The molecule has 1 atom stereocenters. The molecule has 6 rings (SSSR count). The Morgan fingerprint density at radius 2 is 2.12 bits per heavy atom. The van der Waals surface area contributed by atoms with Crippen LogP contribution in [0.2, 0.25) is 0 Å². The zero-order valence-electron chi connectivity index (χ0n) is 18.3. The Morgan fingerprint density at radius 3 is 2.94 bits per heavy atom. The first kappa shape index (κ1) is 21.1. The Hall–Kier alpha value is -3.50. The van der Waals surface area contributed by atoms with Gasteiger partial charge in [-0.15, -0.1) is 11.3 Å². The summed E-state index contributed by atoms with van der Waals surface area (Å²) in [7, 11) is 0. The average Bonchev–Trinajstić information content (AvgIpc) is 3.43. The van der Waals surface area contributed by atoms with E-state index in [1.165, 1.54) is 21.8 Å². The van der Waals surface area contributed by atoms with Crippen LogP contribution in [-0.2, 0) is 37.1 Å². The summed E-state index contributed by atoms with van der Waals surface area (Å²) in [5, 5.41) is 13.4. The average molecular weight is 478 g/mol. The number of fused-ring (bicyclic) bond motifs is 4. The fourth-order valence-electron chi connectivity index (χ4n) is 5.11. The number of nitrogens with one attached hydrogen (secondary N) is 2. The van der Waals surface area contributed by atoms with E-state index in [-0.39, 0.29) is 23.6 Å². The number of rotatable bonds is 4. The number of Topliss-reactive ketones (excluding diaryl/α,β-unsaturated/α-hetero) is 1. The highest BCUT2D eigenvalue weighted by molar-refractivity contribution is 7.18. The summed E-state index contributed by atoms with van der Waals surface area (Å²) >= 11 is 1.50. The number of aromatic amines is 1. The van der Waals surface area contributed by atoms with Crippen molar-refractivity contribution in [2.75, 3.05) is 6.54 Å². The predicted octanol–water partition coefficient (Wildman–Crippen LogP) is 0.875. The van der Waals surface area contributed by atoms with Gasteiger partial charge in [0.2, 0.25) is 11.6 Å². The standard InChI is InChI=1S/C24H23N5O4S/c25-17-18(20(31)19(17)30)29-7-6-12-5-4-11(8-13(12)10-29)9-26-23(33)21-27-22(32)16-14-2-1-3-15(14)34-24(16)28-21/h4-5,8,20,31H,1-3,6-7,9-10,25H2,(H,26,33)(H,27,28,32). The van der Waals surface area contributed by atoms with Crippen molar-refractivity contribution in [1.29, 1.82) is 0 Å². The molecule has 3 heterocycles. The largest absolute Gasteiger partial charge is 0.394 e. The van der Waals surface area contributed by atoms with Crippen LogP contribution in [0.15, 0.2) is 34.4 Å². The highest BCUT2D eigenvalue weighted by Crippen LogP contribution is 2.34. The minimum absolute atomic E-state index is 0.0209. The number of aryl methyl sites for hydroxylation is 2. The summed E-state index contributed by atoms with van der Waals surface area (Å²) < 4.78 is 0. The van der Waals surface area contributed by atoms with Gasteiger partial charge in [-0.05, 0) is 47.9 Å². The maximum Gasteiger partial charge on any atom is 0.287 e. The van der Waals surface area contributed by atoms with Crippen LogP contribution in [0.3, 0.4) is 0 Å². The van der Waals surface area contributed by atoms with Crippen LogP contribution in [0.4, 0.5) is 0 Å². The third kappa shape index (κ3) is 3.24. The molecule has 5 N–H and O–H groups in total. The maximum absolute atomic E-state index is 12.7.